The summed E-state index contributed by atoms with van der Waals surface area (Å²) < 4.78 is 1.25. The Balaban J connectivity index is 1.54. The molecule has 2 heterocycles. The van der Waals surface area contributed by atoms with E-state index in [1.54, 1.807) is 11.3 Å². The van der Waals surface area contributed by atoms with Crippen molar-refractivity contribution in [2.24, 2.45) is 0 Å². The molecule has 0 spiro atoms. The fraction of sp³-hybridized carbons (Fsp3) is 0.316. The minimum absolute atomic E-state index is 0.339. The zero-order chi connectivity index (χ0) is 15.6. The highest BCUT2D eigenvalue weighted by Gasteiger charge is 2.30. The fourth-order valence-electron chi connectivity index (χ4n) is 3.36. The van der Waals surface area contributed by atoms with Crippen LogP contribution >= 0.6 is 11.3 Å². The molecule has 118 valence electrons. The Morgan fingerprint density at radius 1 is 1.13 bits per heavy atom. The Kier molecular flexibility index (Phi) is 4.12. The number of benzene rings is 2. The Bertz CT molecular complexity index is 753. The van der Waals surface area contributed by atoms with Gasteiger partial charge < -0.3 is 5.11 Å². The third kappa shape index (κ3) is 3.02. The highest BCUT2D eigenvalue weighted by molar-refractivity contribution is 7.18. The van der Waals surface area contributed by atoms with Crippen molar-refractivity contribution in [1.82, 2.24) is 9.88 Å². The van der Waals surface area contributed by atoms with Gasteiger partial charge in [-0.25, -0.2) is 4.98 Å². The van der Waals surface area contributed by atoms with Crippen molar-refractivity contribution in [3.63, 3.8) is 0 Å². The number of thiazole rings is 1. The van der Waals surface area contributed by atoms with Crippen molar-refractivity contribution >= 4 is 21.6 Å². The molecule has 3 aromatic rings. The van der Waals surface area contributed by atoms with Gasteiger partial charge in [-0.15, -0.1) is 11.3 Å². The fourth-order valence-corrected chi connectivity index (χ4v) is 4.50. The predicted molar refractivity (Wildman–Crippen MR) is 94.6 cm³/mol. The molecule has 23 heavy (non-hydrogen) atoms. The van der Waals surface area contributed by atoms with Gasteiger partial charge in [0.15, 0.2) is 0 Å². The van der Waals surface area contributed by atoms with Crippen LogP contribution in [0.5, 0.6) is 0 Å². The Morgan fingerprint density at radius 2 is 1.91 bits per heavy atom. The molecule has 0 amide bonds. The number of rotatable bonds is 4. The van der Waals surface area contributed by atoms with Gasteiger partial charge in [0, 0.05) is 6.54 Å². The number of aromatic nitrogens is 1. The maximum absolute atomic E-state index is 10.5. The molecule has 1 N–H and O–H groups in total. The largest absolute Gasteiger partial charge is 0.387 e. The lowest BCUT2D eigenvalue weighted by atomic mass is 10.1. The number of hydrogen-bond donors (Lipinski definition) is 1. The van der Waals surface area contributed by atoms with Crippen molar-refractivity contribution in [3.8, 4) is 0 Å². The highest BCUT2D eigenvalue weighted by Crippen LogP contribution is 2.37. The monoisotopic (exact) mass is 324 g/mol. The standard InChI is InChI=1S/C19H20N2OS/c22-17(14-7-2-1-3-8-14)13-21-12-6-10-16(21)19-20-15-9-4-5-11-18(15)23-19/h1-5,7-9,11,16-17,22H,6,10,12-13H2/t16-,17-/m1/s1. The van der Waals surface area contributed by atoms with Crippen LogP contribution in [0.1, 0.15) is 35.6 Å². The van der Waals surface area contributed by atoms with Crippen LogP contribution in [0.25, 0.3) is 10.2 Å². The molecule has 1 aliphatic heterocycles. The molecular formula is C19H20N2OS. The summed E-state index contributed by atoms with van der Waals surface area (Å²) in [6.45, 7) is 1.70. The van der Waals surface area contributed by atoms with E-state index in [1.165, 1.54) is 16.1 Å². The van der Waals surface area contributed by atoms with Gasteiger partial charge in [-0.2, -0.15) is 0 Å². The number of aliphatic hydroxyl groups is 1. The number of nitrogens with zero attached hydrogens (tertiary/aromatic N) is 2. The van der Waals surface area contributed by atoms with Crippen molar-refractivity contribution in [2.45, 2.75) is 25.0 Å². The van der Waals surface area contributed by atoms with E-state index in [9.17, 15) is 5.11 Å². The summed E-state index contributed by atoms with van der Waals surface area (Å²) in [5, 5.41) is 11.7. The van der Waals surface area contributed by atoms with Crippen LogP contribution in [0.3, 0.4) is 0 Å². The van der Waals surface area contributed by atoms with Crippen LogP contribution < -0.4 is 0 Å². The van der Waals surface area contributed by atoms with Crippen LogP contribution in [0, 0.1) is 0 Å². The van der Waals surface area contributed by atoms with Crippen LogP contribution in [0.4, 0.5) is 0 Å². The molecular weight excluding hydrogens is 304 g/mol. The van der Waals surface area contributed by atoms with E-state index in [2.05, 4.69) is 23.1 Å². The molecule has 0 saturated carbocycles. The molecule has 0 unspecified atom stereocenters. The SMILES string of the molecule is O[C@H](CN1CCC[C@@H]1c1nc2ccccc2s1)c1ccccc1. The first kappa shape index (κ1) is 14.8. The Morgan fingerprint density at radius 3 is 2.74 bits per heavy atom. The lowest BCUT2D eigenvalue weighted by molar-refractivity contribution is 0.106. The Labute approximate surface area is 140 Å². The van der Waals surface area contributed by atoms with E-state index in [0.717, 1.165) is 24.0 Å². The van der Waals surface area contributed by atoms with Gasteiger partial charge in [-0.3, -0.25) is 4.90 Å². The maximum atomic E-state index is 10.5. The van der Waals surface area contributed by atoms with Gasteiger partial charge in [0.2, 0.25) is 0 Å². The highest BCUT2D eigenvalue weighted by atomic mass is 32.1. The third-order valence-corrected chi connectivity index (χ3v) is 5.69. The lowest BCUT2D eigenvalue weighted by Crippen LogP contribution is -2.28. The van der Waals surface area contributed by atoms with Crippen LogP contribution in [-0.4, -0.2) is 28.1 Å². The van der Waals surface area contributed by atoms with Crippen LogP contribution in [0.2, 0.25) is 0 Å². The van der Waals surface area contributed by atoms with E-state index in [4.69, 9.17) is 4.98 Å². The molecule has 3 nitrogen and oxygen atoms in total. The Hall–Kier alpha value is -1.75. The van der Waals surface area contributed by atoms with Crippen molar-refractivity contribution < 1.29 is 5.11 Å². The second kappa shape index (κ2) is 6.40. The number of para-hydroxylation sites is 1. The van der Waals surface area contributed by atoms with Gasteiger partial charge in [0.1, 0.15) is 5.01 Å². The number of aliphatic hydroxyl groups excluding tert-OH is 1. The van der Waals surface area contributed by atoms with Gasteiger partial charge >= 0.3 is 0 Å². The quantitative estimate of drug-likeness (QED) is 0.782. The summed E-state index contributed by atoms with van der Waals surface area (Å²) >= 11 is 1.79. The molecule has 0 radical (unpaired) electrons. The first-order valence-corrected chi connectivity index (χ1v) is 8.95. The maximum Gasteiger partial charge on any atom is 0.111 e. The third-order valence-electron chi connectivity index (χ3n) is 4.55. The molecule has 0 bridgehead atoms. The van der Waals surface area contributed by atoms with E-state index in [-0.39, 0.29) is 0 Å². The summed E-state index contributed by atoms with van der Waals surface area (Å²) in [6.07, 6.45) is 1.86. The van der Waals surface area contributed by atoms with Crippen molar-refractivity contribution in [1.29, 1.82) is 0 Å². The number of β-amino-alcohol motifs (C(OH)–C–C–N with tert-alkyl or cyclic N) is 1. The summed E-state index contributed by atoms with van der Waals surface area (Å²) in [4.78, 5) is 7.20. The van der Waals surface area contributed by atoms with E-state index in [0.29, 0.717) is 12.6 Å². The van der Waals surface area contributed by atoms with Crippen molar-refractivity contribution in [3.05, 3.63) is 65.2 Å². The number of hydrogen-bond acceptors (Lipinski definition) is 4. The number of fused-ring (bicyclic) bond motifs is 1. The molecule has 2 atom stereocenters. The lowest BCUT2D eigenvalue weighted by Gasteiger charge is -2.25. The van der Waals surface area contributed by atoms with E-state index >= 15 is 0 Å². The molecule has 1 aliphatic rings. The van der Waals surface area contributed by atoms with Gasteiger partial charge in [0.25, 0.3) is 0 Å². The molecule has 4 rings (SSSR count). The second-order valence-electron chi connectivity index (χ2n) is 6.10. The van der Waals surface area contributed by atoms with Crippen LogP contribution in [-0.2, 0) is 0 Å². The minimum Gasteiger partial charge on any atom is -0.387 e. The first-order valence-electron chi connectivity index (χ1n) is 8.14. The number of likely N-dealkylation sites (tertiary alicyclic amines) is 1. The molecule has 0 aliphatic carbocycles. The predicted octanol–water partition coefficient (Wildman–Crippen LogP) is 4.17. The van der Waals surface area contributed by atoms with Gasteiger partial charge in [0.05, 0.1) is 22.4 Å². The van der Waals surface area contributed by atoms with Gasteiger partial charge in [-0.1, -0.05) is 42.5 Å². The summed E-state index contributed by atoms with van der Waals surface area (Å²) in [5.41, 5.74) is 2.07. The summed E-state index contributed by atoms with van der Waals surface area (Å²) in [5.74, 6) is 0. The van der Waals surface area contributed by atoms with Crippen LogP contribution in [0.15, 0.2) is 54.6 Å². The molecule has 4 heteroatoms. The minimum atomic E-state index is -0.439. The molecule has 1 aromatic heterocycles. The summed E-state index contributed by atoms with van der Waals surface area (Å²) in [6, 6.07) is 18.6. The van der Waals surface area contributed by atoms with Crippen molar-refractivity contribution in [2.75, 3.05) is 13.1 Å². The molecule has 1 fully saturated rings. The zero-order valence-electron chi connectivity index (χ0n) is 12.9. The average molecular weight is 324 g/mol. The smallest absolute Gasteiger partial charge is 0.111 e. The normalized spacial score (nSPS) is 20.1. The second-order valence-corrected chi connectivity index (χ2v) is 7.16. The van der Waals surface area contributed by atoms with E-state index in [1.807, 2.05) is 36.4 Å². The first-order chi connectivity index (χ1) is 11.3. The van der Waals surface area contributed by atoms with E-state index < -0.39 is 6.10 Å². The summed E-state index contributed by atoms with van der Waals surface area (Å²) in [7, 11) is 0. The molecule has 2 aromatic carbocycles. The molecule has 1 saturated heterocycles. The topological polar surface area (TPSA) is 36.4 Å². The zero-order valence-corrected chi connectivity index (χ0v) is 13.7. The van der Waals surface area contributed by atoms with Gasteiger partial charge in [-0.05, 0) is 37.1 Å². The average Bonchev–Trinajstić information content (AvgIpc) is 3.21.